The van der Waals surface area contributed by atoms with E-state index < -0.39 is 0 Å². The molecular formula is C20H31N3O3. The van der Waals surface area contributed by atoms with Gasteiger partial charge in [-0.1, -0.05) is 23.8 Å². The van der Waals surface area contributed by atoms with E-state index in [9.17, 15) is 0 Å². The Labute approximate surface area is 156 Å². The molecule has 144 valence electrons. The summed E-state index contributed by atoms with van der Waals surface area (Å²) < 4.78 is 16.6. The number of nitrogens with one attached hydrogen (secondary N) is 2. The van der Waals surface area contributed by atoms with E-state index in [1.54, 1.807) is 7.11 Å². The summed E-state index contributed by atoms with van der Waals surface area (Å²) in [4.78, 5) is 4.63. The molecule has 0 aliphatic carbocycles. The van der Waals surface area contributed by atoms with Gasteiger partial charge in [0.2, 0.25) is 0 Å². The highest BCUT2D eigenvalue weighted by atomic mass is 16.5. The number of nitrogens with zero attached hydrogens (tertiary/aromatic N) is 1. The molecule has 1 heterocycles. The molecule has 0 saturated heterocycles. The third-order valence-electron chi connectivity index (χ3n) is 4.04. The van der Waals surface area contributed by atoms with Gasteiger partial charge in [-0.25, -0.2) is 4.99 Å². The van der Waals surface area contributed by atoms with Gasteiger partial charge in [0, 0.05) is 13.1 Å². The first-order chi connectivity index (χ1) is 12.7. The van der Waals surface area contributed by atoms with Crippen molar-refractivity contribution in [2.75, 3.05) is 40.0 Å². The monoisotopic (exact) mass is 361 g/mol. The Hall–Kier alpha value is -2.21. The van der Waals surface area contributed by atoms with Crippen LogP contribution in [0.15, 0.2) is 40.9 Å². The van der Waals surface area contributed by atoms with Gasteiger partial charge in [-0.3, -0.25) is 0 Å². The molecule has 2 N–H and O–H groups in total. The third kappa shape index (κ3) is 6.96. The van der Waals surface area contributed by atoms with Crippen LogP contribution in [-0.4, -0.2) is 52.0 Å². The van der Waals surface area contributed by atoms with E-state index >= 15 is 0 Å². The van der Waals surface area contributed by atoms with Crippen molar-refractivity contribution < 1.29 is 14.2 Å². The molecule has 1 aromatic carbocycles. The van der Waals surface area contributed by atoms with Gasteiger partial charge < -0.3 is 24.8 Å². The average Bonchev–Trinajstić information content (AvgIpc) is 2.67. The molecule has 0 bridgehead atoms. The second-order valence-electron chi connectivity index (χ2n) is 6.16. The largest absolute Gasteiger partial charge is 0.493 e. The van der Waals surface area contributed by atoms with Gasteiger partial charge in [0.25, 0.3) is 0 Å². The third-order valence-corrected chi connectivity index (χ3v) is 4.04. The molecule has 1 aliphatic heterocycles. The molecule has 1 aliphatic rings. The molecule has 0 aromatic heterocycles. The fraction of sp³-hybridized carbons (Fsp3) is 0.550. The SMILES string of the molecule is CCNC(=NCC(C)Oc1ccccc1OC)NCCC1=CCOCC1. The summed E-state index contributed by atoms with van der Waals surface area (Å²) in [5.74, 6) is 2.29. The second-order valence-corrected chi connectivity index (χ2v) is 6.16. The predicted octanol–water partition coefficient (Wildman–Crippen LogP) is 2.75. The van der Waals surface area contributed by atoms with Crippen LogP contribution in [0.4, 0.5) is 0 Å². The number of hydrogen-bond acceptors (Lipinski definition) is 4. The first-order valence-electron chi connectivity index (χ1n) is 9.30. The number of benzene rings is 1. The summed E-state index contributed by atoms with van der Waals surface area (Å²) in [6.07, 6.45) is 4.17. The summed E-state index contributed by atoms with van der Waals surface area (Å²) in [6, 6.07) is 7.66. The molecule has 0 spiro atoms. The van der Waals surface area contributed by atoms with Crippen LogP contribution in [0.5, 0.6) is 11.5 Å². The average molecular weight is 361 g/mol. The molecule has 0 fully saturated rings. The van der Waals surface area contributed by atoms with Crippen molar-refractivity contribution >= 4 is 5.96 Å². The summed E-state index contributed by atoms with van der Waals surface area (Å²) in [5, 5.41) is 6.66. The molecule has 0 amide bonds. The molecule has 1 aromatic rings. The van der Waals surface area contributed by atoms with Gasteiger partial charge in [0.05, 0.1) is 26.9 Å². The minimum atomic E-state index is -0.0556. The number of rotatable bonds is 9. The van der Waals surface area contributed by atoms with Crippen LogP contribution in [0.25, 0.3) is 0 Å². The summed E-state index contributed by atoms with van der Waals surface area (Å²) in [7, 11) is 1.64. The molecule has 1 atom stereocenters. The van der Waals surface area contributed by atoms with E-state index in [0.29, 0.717) is 6.54 Å². The van der Waals surface area contributed by atoms with E-state index in [-0.39, 0.29) is 6.10 Å². The van der Waals surface area contributed by atoms with Gasteiger partial charge in [0.15, 0.2) is 17.5 Å². The van der Waals surface area contributed by atoms with E-state index in [4.69, 9.17) is 14.2 Å². The van der Waals surface area contributed by atoms with Crippen molar-refractivity contribution in [1.82, 2.24) is 10.6 Å². The van der Waals surface area contributed by atoms with Crippen LogP contribution in [0, 0.1) is 0 Å². The normalized spacial score (nSPS) is 15.8. The van der Waals surface area contributed by atoms with Crippen molar-refractivity contribution in [3.8, 4) is 11.5 Å². The summed E-state index contributed by atoms with van der Waals surface area (Å²) in [5.41, 5.74) is 1.45. The van der Waals surface area contributed by atoms with Gasteiger partial charge in [-0.05, 0) is 38.8 Å². The lowest BCUT2D eigenvalue weighted by Gasteiger charge is -2.17. The lowest BCUT2D eigenvalue weighted by molar-refractivity contribution is 0.153. The number of ether oxygens (including phenoxy) is 3. The molecule has 0 radical (unpaired) electrons. The van der Waals surface area contributed by atoms with Crippen LogP contribution in [-0.2, 0) is 4.74 Å². The van der Waals surface area contributed by atoms with Crippen molar-refractivity contribution in [1.29, 1.82) is 0 Å². The van der Waals surface area contributed by atoms with Crippen LogP contribution < -0.4 is 20.1 Å². The number of methoxy groups -OCH3 is 1. The lowest BCUT2D eigenvalue weighted by Crippen LogP contribution is -2.38. The maximum absolute atomic E-state index is 5.95. The zero-order valence-corrected chi connectivity index (χ0v) is 16.1. The summed E-state index contributed by atoms with van der Waals surface area (Å²) in [6.45, 7) is 7.88. The maximum Gasteiger partial charge on any atom is 0.191 e. The highest BCUT2D eigenvalue weighted by molar-refractivity contribution is 5.79. The molecule has 6 heteroatoms. The molecular weight excluding hydrogens is 330 g/mol. The molecule has 1 unspecified atom stereocenters. The Bertz CT molecular complexity index is 602. The Balaban J connectivity index is 1.81. The van der Waals surface area contributed by atoms with Crippen molar-refractivity contribution in [2.24, 2.45) is 4.99 Å². The first kappa shape index (κ1) is 20.1. The van der Waals surface area contributed by atoms with E-state index in [1.807, 2.05) is 31.2 Å². The molecule has 2 rings (SSSR count). The number of guanidine groups is 1. The summed E-state index contributed by atoms with van der Waals surface area (Å²) >= 11 is 0. The minimum Gasteiger partial charge on any atom is -0.493 e. The van der Waals surface area contributed by atoms with Crippen LogP contribution in [0.2, 0.25) is 0 Å². The second kappa shape index (κ2) is 11.4. The van der Waals surface area contributed by atoms with Gasteiger partial charge in [-0.2, -0.15) is 0 Å². The fourth-order valence-electron chi connectivity index (χ4n) is 2.67. The highest BCUT2D eigenvalue weighted by Gasteiger charge is 2.09. The van der Waals surface area contributed by atoms with Gasteiger partial charge in [-0.15, -0.1) is 0 Å². The Morgan fingerprint density at radius 3 is 2.77 bits per heavy atom. The maximum atomic E-state index is 5.95. The molecule has 6 nitrogen and oxygen atoms in total. The smallest absolute Gasteiger partial charge is 0.191 e. The number of hydrogen-bond donors (Lipinski definition) is 2. The quantitative estimate of drug-likeness (QED) is 0.402. The predicted molar refractivity (Wildman–Crippen MR) is 105 cm³/mol. The lowest BCUT2D eigenvalue weighted by atomic mass is 10.1. The molecule has 0 saturated carbocycles. The van der Waals surface area contributed by atoms with Gasteiger partial charge in [0.1, 0.15) is 6.10 Å². The minimum absolute atomic E-state index is 0.0556. The zero-order chi connectivity index (χ0) is 18.6. The Morgan fingerprint density at radius 1 is 1.27 bits per heavy atom. The number of aliphatic imine (C=N–C) groups is 1. The van der Waals surface area contributed by atoms with Crippen molar-refractivity contribution in [3.63, 3.8) is 0 Å². The Morgan fingerprint density at radius 2 is 2.08 bits per heavy atom. The Kier molecular flexibility index (Phi) is 8.83. The van der Waals surface area contributed by atoms with Crippen molar-refractivity contribution in [2.45, 2.75) is 32.8 Å². The van der Waals surface area contributed by atoms with Crippen molar-refractivity contribution in [3.05, 3.63) is 35.9 Å². The van der Waals surface area contributed by atoms with E-state index in [0.717, 1.165) is 56.6 Å². The van der Waals surface area contributed by atoms with Crippen LogP contribution >= 0.6 is 0 Å². The van der Waals surface area contributed by atoms with Gasteiger partial charge >= 0.3 is 0 Å². The van der Waals surface area contributed by atoms with E-state index in [1.165, 1.54) is 5.57 Å². The standard InChI is InChI=1S/C20H31N3O3/c1-4-21-20(22-12-9-17-10-13-25-14-11-17)23-15-16(2)26-19-8-6-5-7-18(19)24-3/h5-8,10,16H,4,9,11-15H2,1-3H3,(H2,21,22,23). The zero-order valence-electron chi connectivity index (χ0n) is 16.1. The molecule has 26 heavy (non-hydrogen) atoms. The number of para-hydroxylation sites is 2. The first-order valence-corrected chi connectivity index (χ1v) is 9.30. The highest BCUT2D eigenvalue weighted by Crippen LogP contribution is 2.26. The van der Waals surface area contributed by atoms with Crippen LogP contribution in [0.3, 0.4) is 0 Å². The fourth-order valence-corrected chi connectivity index (χ4v) is 2.67. The van der Waals surface area contributed by atoms with E-state index in [2.05, 4.69) is 28.6 Å². The topological polar surface area (TPSA) is 64.1 Å². The van der Waals surface area contributed by atoms with Crippen LogP contribution in [0.1, 0.15) is 26.7 Å².